The SMILES string of the molecule is CC/C=C\C/C=C\C/C=C\C/C=C\CCCCCCCCCCC(=O)OCC(COC(=O)CCCCCCC/C=C\CCCCC)OC(=O)CCCCCCCCC/C=C\CCCCCCCCC. The molecule has 69 heavy (non-hydrogen) atoms. The van der Waals surface area contributed by atoms with Gasteiger partial charge in [0.1, 0.15) is 13.2 Å². The molecule has 0 heterocycles. The Kier molecular flexibility index (Phi) is 54.8. The molecule has 6 heteroatoms. The standard InChI is InChI=1S/C63H110O6/c1-4-7-10-13-16-19-22-25-27-29-31-32-33-35-36-38-41-44-47-50-53-56-62(65)68-59-60(58-67-61(64)55-52-49-46-43-40-24-21-18-15-12-9-6-3)69-63(66)57-54-51-48-45-42-39-37-34-30-28-26-23-20-17-14-11-8-5-2/h7,10,16,18-19,21,25,27-28,30-32,60H,4-6,8-9,11-15,17,20,22-24,26,29,33-59H2,1-3H3/b10-7-,19-16-,21-18-,27-25-,30-28-,32-31-. The van der Waals surface area contributed by atoms with E-state index in [0.29, 0.717) is 19.3 Å². The lowest BCUT2D eigenvalue weighted by Crippen LogP contribution is -2.30. The number of esters is 3. The third-order valence-electron chi connectivity index (χ3n) is 12.7. The lowest BCUT2D eigenvalue weighted by atomic mass is 10.1. The molecule has 0 N–H and O–H groups in total. The molecule has 0 aromatic carbocycles. The summed E-state index contributed by atoms with van der Waals surface area (Å²) in [6.07, 6.45) is 73.2. The van der Waals surface area contributed by atoms with Gasteiger partial charge in [-0.1, -0.05) is 235 Å². The second-order valence-corrected chi connectivity index (χ2v) is 19.5. The van der Waals surface area contributed by atoms with E-state index in [1.165, 1.54) is 154 Å². The van der Waals surface area contributed by atoms with Crippen molar-refractivity contribution in [2.24, 2.45) is 0 Å². The topological polar surface area (TPSA) is 78.9 Å². The van der Waals surface area contributed by atoms with Gasteiger partial charge in [0.25, 0.3) is 0 Å². The number of hydrogen-bond acceptors (Lipinski definition) is 6. The van der Waals surface area contributed by atoms with E-state index >= 15 is 0 Å². The number of carbonyl (C=O) groups is 3. The van der Waals surface area contributed by atoms with Crippen molar-refractivity contribution in [2.75, 3.05) is 13.2 Å². The van der Waals surface area contributed by atoms with Crippen LogP contribution in [0.5, 0.6) is 0 Å². The fourth-order valence-electron chi connectivity index (χ4n) is 8.25. The lowest BCUT2D eigenvalue weighted by molar-refractivity contribution is -0.167. The Morgan fingerprint density at radius 3 is 0.928 bits per heavy atom. The minimum Gasteiger partial charge on any atom is -0.462 e. The largest absolute Gasteiger partial charge is 0.462 e. The summed E-state index contributed by atoms with van der Waals surface area (Å²) in [5, 5.41) is 0. The first-order chi connectivity index (χ1) is 34.0. The molecule has 398 valence electrons. The van der Waals surface area contributed by atoms with Crippen molar-refractivity contribution in [3.63, 3.8) is 0 Å². The van der Waals surface area contributed by atoms with Crippen molar-refractivity contribution in [3.05, 3.63) is 72.9 Å². The third kappa shape index (κ3) is 55.6. The van der Waals surface area contributed by atoms with E-state index in [9.17, 15) is 14.4 Å². The quantitative estimate of drug-likeness (QED) is 0.0262. The second-order valence-electron chi connectivity index (χ2n) is 19.5. The summed E-state index contributed by atoms with van der Waals surface area (Å²) in [4.78, 5) is 38.2. The molecule has 0 radical (unpaired) electrons. The average Bonchev–Trinajstić information content (AvgIpc) is 3.35. The number of hydrogen-bond donors (Lipinski definition) is 0. The van der Waals surface area contributed by atoms with E-state index in [1.807, 2.05) is 0 Å². The Hall–Kier alpha value is -3.15. The van der Waals surface area contributed by atoms with Crippen LogP contribution in [0.3, 0.4) is 0 Å². The summed E-state index contributed by atoms with van der Waals surface area (Å²) in [6.45, 7) is 6.51. The highest BCUT2D eigenvalue weighted by Crippen LogP contribution is 2.15. The van der Waals surface area contributed by atoms with Crippen LogP contribution in [0.1, 0.15) is 290 Å². The van der Waals surface area contributed by atoms with Crippen molar-refractivity contribution in [1.29, 1.82) is 0 Å². The molecule has 1 atom stereocenters. The molecule has 0 aliphatic rings. The molecular formula is C63H110O6. The van der Waals surface area contributed by atoms with E-state index in [4.69, 9.17) is 14.2 Å². The van der Waals surface area contributed by atoms with Crippen LogP contribution in [0.15, 0.2) is 72.9 Å². The highest BCUT2D eigenvalue weighted by molar-refractivity contribution is 5.71. The van der Waals surface area contributed by atoms with Gasteiger partial charge in [-0.25, -0.2) is 0 Å². The molecule has 0 aromatic rings. The summed E-state index contributed by atoms with van der Waals surface area (Å²) >= 11 is 0. The van der Waals surface area contributed by atoms with E-state index in [2.05, 4.69) is 93.7 Å². The number of unbranched alkanes of at least 4 members (excludes halogenated alkanes) is 30. The molecule has 0 rings (SSSR count). The fraction of sp³-hybridized carbons (Fsp3) is 0.762. The van der Waals surface area contributed by atoms with Crippen LogP contribution < -0.4 is 0 Å². The average molecular weight is 964 g/mol. The van der Waals surface area contributed by atoms with Crippen molar-refractivity contribution in [3.8, 4) is 0 Å². The van der Waals surface area contributed by atoms with Crippen LogP contribution in [0.4, 0.5) is 0 Å². The molecule has 0 saturated heterocycles. The fourth-order valence-corrected chi connectivity index (χ4v) is 8.25. The van der Waals surface area contributed by atoms with E-state index < -0.39 is 6.10 Å². The van der Waals surface area contributed by atoms with Crippen LogP contribution in [0.2, 0.25) is 0 Å². The molecule has 0 aliphatic heterocycles. The monoisotopic (exact) mass is 963 g/mol. The summed E-state index contributed by atoms with van der Waals surface area (Å²) in [6, 6.07) is 0. The Morgan fingerprint density at radius 2 is 0.565 bits per heavy atom. The first-order valence-corrected chi connectivity index (χ1v) is 29.4. The third-order valence-corrected chi connectivity index (χ3v) is 12.7. The van der Waals surface area contributed by atoms with Crippen molar-refractivity contribution in [1.82, 2.24) is 0 Å². The Labute approximate surface area is 427 Å². The molecule has 6 nitrogen and oxygen atoms in total. The summed E-state index contributed by atoms with van der Waals surface area (Å²) in [5.74, 6) is -0.895. The highest BCUT2D eigenvalue weighted by Gasteiger charge is 2.19. The molecule has 0 bridgehead atoms. The van der Waals surface area contributed by atoms with Gasteiger partial charge in [-0.2, -0.15) is 0 Å². The zero-order valence-electron chi connectivity index (χ0n) is 45.6. The highest BCUT2D eigenvalue weighted by atomic mass is 16.6. The summed E-state index contributed by atoms with van der Waals surface area (Å²) < 4.78 is 16.9. The number of carbonyl (C=O) groups excluding carboxylic acids is 3. The van der Waals surface area contributed by atoms with Gasteiger partial charge < -0.3 is 14.2 Å². The van der Waals surface area contributed by atoms with E-state index in [1.54, 1.807) is 0 Å². The zero-order valence-corrected chi connectivity index (χ0v) is 45.6. The molecule has 0 aliphatic carbocycles. The van der Waals surface area contributed by atoms with Crippen LogP contribution >= 0.6 is 0 Å². The Bertz CT molecular complexity index is 1290. The predicted molar refractivity (Wildman–Crippen MR) is 298 cm³/mol. The molecule has 0 amide bonds. The van der Waals surface area contributed by atoms with Gasteiger partial charge in [-0.15, -0.1) is 0 Å². The van der Waals surface area contributed by atoms with Crippen LogP contribution in [-0.4, -0.2) is 37.2 Å². The number of allylic oxidation sites excluding steroid dienone is 12. The van der Waals surface area contributed by atoms with Crippen LogP contribution in [0, 0.1) is 0 Å². The van der Waals surface area contributed by atoms with Gasteiger partial charge in [0.2, 0.25) is 0 Å². The minimum atomic E-state index is -0.784. The van der Waals surface area contributed by atoms with Crippen molar-refractivity contribution in [2.45, 2.75) is 297 Å². The summed E-state index contributed by atoms with van der Waals surface area (Å²) in [5.41, 5.74) is 0. The van der Waals surface area contributed by atoms with Crippen molar-refractivity contribution >= 4 is 17.9 Å². The zero-order chi connectivity index (χ0) is 50.0. The number of ether oxygens (including phenoxy) is 3. The maximum Gasteiger partial charge on any atom is 0.306 e. The van der Waals surface area contributed by atoms with Crippen molar-refractivity contribution < 1.29 is 28.6 Å². The number of rotatable bonds is 53. The molecular weight excluding hydrogens is 853 g/mol. The first kappa shape index (κ1) is 65.8. The minimum absolute atomic E-state index is 0.0831. The van der Waals surface area contributed by atoms with Crippen LogP contribution in [-0.2, 0) is 28.6 Å². The Morgan fingerprint density at radius 1 is 0.304 bits per heavy atom. The molecule has 0 spiro atoms. The smallest absolute Gasteiger partial charge is 0.306 e. The molecule has 0 aromatic heterocycles. The first-order valence-electron chi connectivity index (χ1n) is 29.4. The van der Waals surface area contributed by atoms with E-state index in [-0.39, 0.29) is 31.1 Å². The normalized spacial score (nSPS) is 12.6. The predicted octanol–water partition coefficient (Wildman–Crippen LogP) is 19.8. The lowest BCUT2D eigenvalue weighted by Gasteiger charge is -2.18. The Balaban J connectivity index is 4.35. The summed E-state index contributed by atoms with van der Waals surface area (Å²) in [7, 11) is 0. The molecule has 1 unspecified atom stereocenters. The van der Waals surface area contributed by atoms with Gasteiger partial charge in [-0.3, -0.25) is 14.4 Å². The maximum atomic E-state index is 12.9. The van der Waals surface area contributed by atoms with Gasteiger partial charge >= 0.3 is 17.9 Å². The van der Waals surface area contributed by atoms with Gasteiger partial charge in [0.05, 0.1) is 0 Å². The van der Waals surface area contributed by atoms with Gasteiger partial charge in [0.15, 0.2) is 6.10 Å². The van der Waals surface area contributed by atoms with E-state index in [0.717, 1.165) is 96.3 Å². The van der Waals surface area contributed by atoms with Gasteiger partial charge in [0, 0.05) is 19.3 Å². The maximum absolute atomic E-state index is 12.9. The molecule has 0 saturated carbocycles. The molecule has 0 fully saturated rings. The van der Waals surface area contributed by atoms with Crippen LogP contribution in [0.25, 0.3) is 0 Å². The second kappa shape index (κ2) is 57.4. The van der Waals surface area contributed by atoms with Gasteiger partial charge in [-0.05, 0) is 109 Å².